The average Bonchev–Trinajstić information content (AvgIpc) is 2.55. The van der Waals surface area contributed by atoms with Crippen molar-refractivity contribution in [2.45, 2.75) is 33.1 Å². The van der Waals surface area contributed by atoms with Crippen LogP contribution in [0.1, 0.15) is 33.1 Å². The molecule has 0 aliphatic carbocycles. The van der Waals surface area contributed by atoms with Gasteiger partial charge in [0.25, 0.3) is 0 Å². The van der Waals surface area contributed by atoms with Crippen molar-refractivity contribution in [3.8, 4) is 0 Å². The second kappa shape index (κ2) is 4.61. The summed E-state index contributed by atoms with van der Waals surface area (Å²) in [5.74, 6) is -0.0122. The fourth-order valence-electron chi connectivity index (χ4n) is 2.00. The van der Waals surface area contributed by atoms with E-state index in [1.54, 1.807) is 0 Å². The summed E-state index contributed by atoms with van der Waals surface area (Å²) in [4.78, 5) is 11.7. The molecule has 1 aliphatic heterocycles. The SMILES string of the molecule is CCCC1(C(=O)OCC)CCNC1. The Morgan fingerprint density at radius 2 is 2.31 bits per heavy atom. The van der Waals surface area contributed by atoms with E-state index in [4.69, 9.17) is 4.74 Å². The molecule has 0 aromatic rings. The summed E-state index contributed by atoms with van der Waals surface area (Å²) in [5.41, 5.74) is -0.217. The van der Waals surface area contributed by atoms with Crippen LogP contribution >= 0.6 is 0 Å². The summed E-state index contributed by atoms with van der Waals surface area (Å²) in [7, 11) is 0. The highest BCUT2D eigenvalue weighted by atomic mass is 16.5. The topological polar surface area (TPSA) is 38.3 Å². The quantitative estimate of drug-likeness (QED) is 0.671. The van der Waals surface area contributed by atoms with E-state index in [2.05, 4.69) is 12.2 Å². The first-order valence-electron chi connectivity index (χ1n) is 5.13. The van der Waals surface area contributed by atoms with Crippen LogP contribution in [0, 0.1) is 5.41 Å². The maximum atomic E-state index is 11.7. The Morgan fingerprint density at radius 1 is 1.54 bits per heavy atom. The highest BCUT2D eigenvalue weighted by molar-refractivity contribution is 5.77. The molecule has 13 heavy (non-hydrogen) atoms. The van der Waals surface area contributed by atoms with Gasteiger partial charge in [0.15, 0.2) is 0 Å². The summed E-state index contributed by atoms with van der Waals surface area (Å²) >= 11 is 0. The molecule has 76 valence electrons. The van der Waals surface area contributed by atoms with Gasteiger partial charge in [-0.1, -0.05) is 13.3 Å². The van der Waals surface area contributed by atoms with E-state index >= 15 is 0 Å². The largest absolute Gasteiger partial charge is 0.466 e. The molecule has 0 aromatic heterocycles. The minimum atomic E-state index is -0.217. The Labute approximate surface area is 79.8 Å². The molecule has 1 N–H and O–H groups in total. The summed E-state index contributed by atoms with van der Waals surface area (Å²) in [5, 5.41) is 3.24. The van der Waals surface area contributed by atoms with Crippen molar-refractivity contribution in [2.75, 3.05) is 19.7 Å². The third kappa shape index (κ3) is 2.21. The first-order valence-corrected chi connectivity index (χ1v) is 5.13. The molecule has 0 radical (unpaired) electrons. The zero-order chi connectivity index (χ0) is 9.73. The fraction of sp³-hybridized carbons (Fsp3) is 0.900. The number of carbonyl (C=O) groups is 1. The first kappa shape index (κ1) is 10.5. The van der Waals surface area contributed by atoms with Crippen molar-refractivity contribution in [2.24, 2.45) is 5.41 Å². The van der Waals surface area contributed by atoms with Crippen LogP contribution in [-0.2, 0) is 9.53 Å². The van der Waals surface area contributed by atoms with Gasteiger partial charge in [0, 0.05) is 6.54 Å². The summed E-state index contributed by atoms with van der Waals surface area (Å²) in [6.45, 7) is 6.20. The summed E-state index contributed by atoms with van der Waals surface area (Å²) in [6.07, 6.45) is 2.92. The highest BCUT2D eigenvalue weighted by Crippen LogP contribution is 2.32. The minimum absolute atomic E-state index is 0.0122. The van der Waals surface area contributed by atoms with E-state index in [1.165, 1.54) is 0 Å². The van der Waals surface area contributed by atoms with Crippen LogP contribution in [0.4, 0.5) is 0 Å². The lowest BCUT2D eigenvalue weighted by Gasteiger charge is -2.24. The third-order valence-electron chi connectivity index (χ3n) is 2.68. The molecule has 1 aliphatic rings. The van der Waals surface area contributed by atoms with E-state index in [9.17, 15) is 4.79 Å². The monoisotopic (exact) mass is 185 g/mol. The van der Waals surface area contributed by atoms with Gasteiger partial charge in [-0.25, -0.2) is 0 Å². The van der Waals surface area contributed by atoms with Gasteiger partial charge in [0.2, 0.25) is 0 Å². The maximum Gasteiger partial charge on any atom is 0.313 e. The average molecular weight is 185 g/mol. The predicted octanol–water partition coefficient (Wildman–Crippen LogP) is 1.33. The van der Waals surface area contributed by atoms with Crippen LogP contribution in [0.5, 0.6) is 0 Å². The molecule has 0 bridgehead atoms. The Bertz CT molecular complexity index is 174. The number of hydrogen-bond acceptors (Lipinski definition) is 3. The molecule has 1 unspecified atom stereocenters. The Morgan fingerprint density at radius 3 is 2.77 bits per heavy atom. The number of ether oxygens (including phenoxy) is 1. The van der Waals surface area contributed by atoms with E-state index in [-0.39, 0.29) is 11.4 Å². The highest BCUT2D eigenvalue weighted by Gasteiger charge is 2.41. The zero-order valence-electron chi connectivity index (χ0n) is 8.56. The second-order valence-electron chi connectivity index (χ2n) is 3.68. The summed E-state index contributed by atoms with van der Waals surface area (Å²) < 4.78 is 5.10. The fourth-order valence-corrected chi connectivity index (χ4v) is 2.00. The molecule has 1 heterocycles. The molecule has 3 nitrogen and oxygen atoms in total. The molecule has 0 saturated carbocycles. The van der Waals surface area contributed by atoms with Crippen molar-refractivity contribution in [3.05, 3.63) is 0 Å². The lowest BCUT2D eigenvalue weighted by Crippen LogP contribution is -2.35. The van der Waals surface area contributed by atoms with Gasteiger partial charge in [-0.3, -0.25) is 4.79 Å². The van der Waals surface area contributed by atoms with Crippen LogP contribution in [0.3, 0.4) is 0 Å². The molecular weight excluding hydrogens is 166 g/mol. The van der Waals surface area contributed by atoms with Crippen LogP contribution in [-0.4, -0.2) is 25.7 Å². The molecule has 3 heteroatoms. The van der Waals surface area contributed by atoms with E-state index in [0.717, 1.165) is 32.4 Å². The van der Waals surface area contributed by atoms with Gasteiger partial charge >= 0.3 is 5.97 Å². The molecule has 1 atom stereocenters. The first-order chi connectivity index (χ1) is 6.25. The maximum absolute atomic E-state index is 11.7. The Hall–Kier alpha value is -0.570. The van der Waals surface area contributed by atoms with Crippen molar-refractivity contribution in [1.82, 2.24) is 5.32 Å². The molecule has 0 aromatic carbocycles. The van der Waals surface area contributed by atoms with Gasteiger partial charge in [-0.15, -0.1) is 0 Å². The third-order valence-corrected chi connectivity index (χ3v) is 2.68. The van der Waals surface area contributed by atoms with Crippen molar-refractivity contribution in [3.63, 3.8) is 0 Å². The number of nitrogens with one attached hydrogen (secondary N) is 1. The zero-order valence-corrected chi connectivity index (χ0v) is 8.56. The van der Waals surface area contributed by atoms with Crippen molar-refractivity contribution >= 4 is 5.97 Å². The minimum Gasteiger partial charge on any atom is -0.466 e. The van der Waals surface area contributed by atoms with Gasteiger partial charge in [-0.2, -0.15) is 0 Å². The van der Waals surface area contributed by atoms with E-state index < -0.39 is 0 Å². The Kier molecular flexibility index (Phi) is 3.72. The molecule has 1 saturated heterocycles. The molecule has 0 spiro atoms. The normalized spacial score (nSPS) is 27.5. The molecule has 1 rings (SSSR count). The molecule has 1 fully saturated rings. The van der Waals surface area contributed by atoms with Crippen LogP contribution < -0.4 is 5.32 Å². The second-order valence-corrected chi connectivity index (χ2v) is 3.68. The van der Waals surface area contributed by atoms with Crippen molar-refractivity contribution in [1.29, 1.82) is 0 Å². The van der Waals surface area contributed by atoms with Gasteiger partial charge < -0.3 is 10.1 Å². The summed E-state index contributed by atoms with van der Waals surface area (Å²) in [6, 6.07) is 0. The van der Waals surface area contributed by atoms with Crippen LogP contribution in [0.25, 0.3) is 0 Å². The van der Waals surface area contributed by atoms with Crippen molar-refractivity contribution < 1.29 is 9.53 Å². The van der Waals surface area contributed by atoms with Crippen LogP contribution in [0.2, 0.25) is 0 Å². The molecular formula is C10H19NO2. The van der Waals surface area contributed by atoms with Gasteiger partial charge in [-0.05, 0) is 26.3 Å². The van der Waals surface area contributed by atoms with Crippen LogP contribution in [0.15, 0.2) is 0 Å². The lowest BCUT2D eigenvalue weighted by molar-refractivity contribution is -0.154. The van der Waals surface area contributed by atoms with Gasteiger partial charge in [0.05, 0.1) is 12.0 Å². The number of esters is 1. The smallest absolute Gasteiger partial charge is 0.313 e. The van der Waals surface area contributed by atoms with Gasteiger partial charge in [0.1, 0.15) is 0 Å². The van der Waals surface area contributed by atoms with E-state index in [0.29, 0.717) is 6.61 Å². The molecule has 0 amide bonds. The predicted molar refractivity (Wildman–Crippen MR) is 51.5 cm³/mol. The standard InChI is InChI=1S/C10H19NO2/c1-3-5-10(6-7-11-8-10)9(12)13-4-2/h11H,3-8H2,1-2H3. The Balaban J connectivity index is 2.60. The van der Waals surface area contributed by atoms with E-state index in [1.807, 2.05) is 6.92 Å². The lowest BCUT2D eigenvalue weighted by atomic mass is 9.83. The number of hydrogen-bond donors (Lipinski definition) is 1. The number of carbonyl (C=O) groups excluding carboxylic acids is 1. The number of rotatable bonds is 4.